The summed E-state index contributed by atoms with van der Waals surface area (Å²) in [4.78, 5) is 22.5. The van der Waals surface area contributed by atoms with Gasteiger partial charge in [-0.3, -0.25) is 9.69 Å². The Labute approximate surface area is 141 Å². The third-order valence-corrected chi connectivity index (χ3v) is 4.99. The van der Waals surface area contributed by atoms with Crippen LogP contribution >= 0.6 is 0 Å². The highest BCUT2D eigenvalue weighted by molar-refractivity contribution is 5.77. The predicted molar refractivity (Wildman–Crippen MR) is 91.7 cm³/mol. The number of ether oxygens (including phenoxy) is 1. The van der Waals surface area contributed by atoms with E-state index >= 15 is 0 Å². The molecular formula is C18H24N4O2. The highest BCUT2D eigenvalue weighted by atomic mass is 16.5. The summed E-state index contributed by atoms with van der Waals surface area (Å²) in [6.07, 6.45) is 2.39. The minimum Gasteiger partial charge on any atom is -0.376 e. The molecule has 2 aliphatic heterocycles. The van der Waals surface area contributed by atoms with Crippen molar-refractivity contribution < 1.29 is 9.53 Å². The number of morpholine rings is 1. The normalized spacial score (nSPS) is 27.3. The van der Waals surface area contributed by atoms with E-state index in [2.05, 4.69) is 27.1 Å². The van der Waals surface area contributed by atoms with E-state index in [-0.39, 0.29) is 11.9 Å². The molecule has 2 fully saturated rings. The van der Waals surface area contributed by atoms with E-state index < -0.39 is 0 Å². The second-order valence-electron chi connectivity index (χ2n) is 6.95. The zero-order valence-corrected chi connectivity index (χ0v) is 14.0. The maximum Gasteiger partial charge on any atom is 0.220 e. The third-order valence-electron chi connectivity index (χ3n) is 4.99. The van der Waals surface area contributed by atoms with Crippen LogP contribution in [0.3, 0.4) is 0 Å². The first-order valence-corrected chi connectivity index (χ1v) is 8.76. The van der Waals surface area contributed by atoms with Crippen molar-refractivity contribution >= 4 is 16.9 Å². The molecule has 1 amide bonds. The summed E-state index contributed by atoms with van der Waals surface area (Å²) in [7, 11) is 0. The van der Waals surface area contributed by atoms with Crippen LogP contribution in [0.15, 0.2) is 24.3 Å². The van der Waals surface area contributed by atoms with E-state index in [1.54, 1.807) is 0 Å². The molecule has 3 heterocycles. The maximum atomic E-state index is 12.3. The van der Waals surface area contributed by atoms with Crippen LogP contribution in [0.5, 0.6) is 0 Å². The SMILES string of the molecule is C[C@H]1CN2C[C@H](NC(=O)CCc3nc4ccccc4[nH]3)C[C@H]2CO1. The van der Waals surface area contributed by atoms with E-state index in [1.807, 2.05) is 24.3 Å². The number of nitrogens with one attached hydrogen (secondary N) is 2. The number of carbonyl (C=O) groups is 1. The Morgan fingerprint density at radius 1 is 1.42 bits per heavy atom. The Kier molecular flexibility index (Phi) is 4.24. The zero-order chi connectivity index (χ0) is 16.5. The van der Waals surface area contributed by atoms with E-state index in [1.165, 1.54) is 0 Å². The van der Waals surface area contributed by atoms with Gasteiger partial charge in [0.05, 0.1) is 23.7 Å². The fraction of sp³-hybridized carbons (Fsp3) is 0.556. The van der Waals surface area contributed by atoms with E-state index in [4.69, 9.17) is 4.74 Å². The molecule has 2 aromatic rings. The number of aromatic amines is 1. The van der Waals surface area contributed by atoms with Gasteiger partial charge in [0, 0.05) is 38.0 Å². The van der Waals surface area contributed by atoms with Crippen LogP contribution in [-0.4, -0.2) is 58.7 Å². The molecule has 0 radical (unpaired) electrons. The Morgan fingerprint density at radius 3 is 3.17 bits per heavy atom. The Morgan fingerprint density at radius 2 is 2.29 bits per heavy atom. The first-order valence-electron chi connectivity index (χ1n) is 8.76. The fourth-order valence-electron chi connectivity index (χ4n) is 3.80. The number of imidazole rings is 1. The molecule has 1 aromatic heterocycles. The number of rotatable bonds is 4. The second-order valence-corrected chi connectivity index (χ2v) is 6.95. The average molecular weight is 328 g/mol. The number of nitrogens with zero attached hydrogens (tertiary/aromatic N) is 2. The van der Waals surface area contributed by atoms with Crippen molar-refractivity contribution in [3.8, 4) is 0 Å². The van der Waals surface area contributed by atoms with Gasteiger partial charge in [-0.05, 0) is 25.5 Å². The molecule has 4 rings (SSSR count). The molecule has 3 atom stereocenters. The summed E-state index contributed by atoms with van der Waals surface area (Å²) in [5.74, 6) is 0.978. The van der Waals surface area contributed by atoms with Crippen molar-refractivity contribution in [2.24, 2.45) is 0 Å². The van der Waals surface area contributed by atoms with Crippen molar-refractivity contribution in [2.75, 3.05) is 19.7 Å². The number of para-hydroxylation sites is 2. The molecule has 2 N–H and O–H groups in total. The first-order chi connectivity index (χ1) is 11.7. The van der Waals surface area contributed by atoms with E-state index in [0.717, 1.165) is 43.0 Å². The number of hydrogen-bond acceptors (Lipinski definition) is 4. The van der Waals surface area contributed by atoms with Crippen molar-refractivity contribution in [1.29, 1.82) is 0 Å². The lowest BCUT2D eigenvalue weighted by Gasteiger charge is -2.33. The fourth-order valence-corrected chi connectivity index (χ4v) is 3.80. The number of carbonyl (C=O) groups excluding carboxylic acids is 1. The molecule has 2 aliphatic rings. The average Bonchev–Trinajstić information content (AvgIpc) is 3.15. The second kappa shape index (κ2) is 6.53. The summed E-state index contributed by atoms with van der Waals surface area (Å²) in [5.41, 5.74) is 1.98. The van der Waals surface area contributed by atoms with Gasteiger partial charge in [-0.2, -0.15) is 0 Å². The summed E-state index contributed by atoms with van der Waals surface area (Å²) < 4.78 is 5.71. The summed E-state index contributed by atoms with van der Waals surface area (Å²) >= 11 is 0. The molecule has 6 nitrogen and oxygen atoms in total. The van der Waals surface area contributed by atoms with Gasteiger partial charge < -0.3 is 15.0 Å². The molecule has 2 saturated heterocycles. The smallest absolute Gasteiger partial charge is 0.220 e. The van der Waals surface area contributed by atoms with Crippen molar-refractivity contribution in [1.82, 2.24) is 20.2 Å². The number of aryl methyl sites for hydroxylation is 1. The lowest BCUT2D eigenvalue weighted by molar-refractivity contribution is -0.121. The van der Waals surface area contributed by atoms with Crippen LogP contribution < -0.4 is 5.32 Å². The molecule has 1 aromatic carbocycles. The standard InChI is InChI=1S/C18H24N4O2/c1-12-9-22-10-13(8-14(22)11-24-12)19-18(23)7-6-17-20-15-4-2-3-5-16(15)21-17/h2-5,12-14H,6-11H2,1H3,(H,19,23)(H,20,21)/t12-,13+,14-/m0/s1. The van der Waals surface area contributed by atoms with Crippen LogP contribution in [-0.2, 0) is 16.0 Å². The number of aromatic nitrogens is 2. The van der Waals surface area contributed by atoms with Gasteiger partial charge in [-0.1, -0.05) is 12.1 Å². The number of H-pyrrole nitrogens is 1. The van der Waals surface area contributed by atoms with Gasteiger partial charge in [0.2, 0.25) is 5.91 Å². The predicted octanol–water partition coefficient (Wildman–Crippen LogP) is 1.47. The summed E-state index contributed by atoms with van der Waals surface area (Å²) in [6.45, 7) is 4.80. The van der Waals surface area contributed by atoms with Crippen LogP contribution in [0.4, 0.5) is 0 Å². The largest absolute Gasteiger partial charge is 0.376 e. The van der Waals surface area contributed by atoms with Crippen molar-refractivity contribution in [3.05, 3.63) is 30.1 Å². The van der Waals surface area contributed by atoms with Crippen molar-refractivity contribution in [3.63, 3.8) is 0 Å². The Balaban J connectivity index is 1.28. The van der Waals surface area contributed by atoms with E-state index in [9.17, 15) is 4.79 Å². The molecule has 0 unspecified atom stereocenters. The first kappa shape index (κ1) is 15.6. The Bertz CT molecular complexity index is 696. The monoisotopic (exact) mass is 328 g/mol. The minimum absolute atomic E-state index is 0.106. The highest BCUT2D eigenvalue weighted by Crippen LogP contribution is 2.23. The minimum atomic E-state index is 0.106. The number of hydrogen-bond donors (Lipinski definition) is 2. The number of benzene rings is 1. The summed E-state index contributed by atoms with van der Waals surface area (Å²) in [6, 6.07) is 8.64. The molecule has 0 aliphatic carbocycles. The van der Waals surface area contributed by atoms with Crippen LogP contribution in [0.2, 0.25) is 0 Å². The van der Waals surface area contributed by atoms with Gasteiger partial charge >= 0.3 is 0 Å². The van der Waals surface area contributed by atoms with Crippen molar-refractivity contribution in [2.45, 2.75) is 44.4 Å². The van der Waals surface area contributed by atoms with E-state index in [0.29, 0.717) is 25.0 Å². The van der Waals surface area contributed by atoms with Gasteiger partial charge in [0.1, 0.15) is 5.82 Å². The molecule has 0 bridgehead atoms. The lowest BCUT2D eigenvalue weighted by atomic mass is 10.1. The van der Waals surface area contributed by atoms with Gasteiger partial charge in [-0.25, -0.2) is 4.98 Å². The van der Waals surface area contributed by atoms with Gasteiger partial charge in [-0.15, -0.1) is 0 Å². The molecule has 128 valence electrons. The third kappa shape index (κ3) is 3.30. The Hall–Kier alpha value is -1.92. The lowest BCUT2D eigenvalue weighted by Crippen LogP contribution is -2.45. The maximum absolute atomic E-state index is 12.3. The molecule has 6 heteroatoms. The molecule has 24 heavy (non-hydrogen) atoms. The van der Waals surface area contributed by atoms with Crippen LogP contribution in [0.25, 0.3) is 11.0 Å². The highest BCUT2D eigenvalue weighted by Gasteiger charge is 2.36. The summed E-state index contributed by atoms with van der Waals surface area (Å²) in [5, 5.41) is 3.18. The molecule has 0 spiro atoms. The van der Waals surface area contributed by atoms with Gasteiger partial charge in [0.25, 0.3) is 0 Å². The van der Waals surface area contributed by atoms with Crippen LogP contribution in [0.1, 0.15) is 25.6 Å². The quantitative estimate of drug-likeness (QED) is 0.892. The van der Waals surface area contributed by atoms with Gasteiger partial charge in [0.15, 0.2) is 0 Å². The zero-order valence-electron chi connectivity index (χ0n) is 14.0. The van der Waals surface area contributed by atoms with Crippen LogP contribution in [0, 0.1) is 0 Å². The number of amides is 1. The topological polar surface area (TPSA) is 70.2 Å². The molecule has 0 saturated carbocycles. The molecular weight excluding hydrogens is 304 g/mol. The number of fused-ring (bicyclic) bond motifs is 2.